The van der Waals surface area contributed by atoms with Gasteiger partial charge in [-0.05, 0) is 12.1 Å². The summed E-state index contributed by atoms with van der Waals surface area (Å²) in [5.41, 5.74) is 1.74. The van der Waals surface area contributed by atoms with E-state index in [1.165, 1.54) is 12.3 Å². The molecule has 2 N–H and O–H groups in total. The van der Waals surface area contributed by atoms with Crippen molar-refractivity contribution in [1.29, 1.82) is 0 Å². The van der Waals surface area contributed by atoms with Gasteiger partial charge in [0, 0.05) is 6.20 Å². The van der Waals surface area contributed by atoms with Gasteiger partial charge in [0.2, 0.25) is 5.95 Å². The van der Waals surface area contributed by atoms with E-state index in [1.54, 1.807) is 11.5 Å². The highest BCUT2D eigenvalue weighted by Gasteiger charge is 2.27. The zero-order chi connectivity index (χ0) is 14.8. The third-order valence-corrected chi connectivity index (χ3v) is 2.28. The number of pyridine rings is 1. The summed E-state index contributed by atoms with van der Waals surface area (Å²) in [5, 5.41) is 0.173. The minimum absolute atomic E-state index is 0.0782. The maximum atomic E-state index is 11.9. The molecule has 0 amide bonds. The molecule has 0 fully saturated rings. The molecule has 2 aromatic heterocycles. The van der Waals surface area contributed by atoms with Crippen molar-refractivity contribution in [3.05, 3.63) is 40.2 Å². The second kappa shape index (κ2) is 5.43. The number of hydrogen-bond donors (Lipinski definition) is 2. The first-order valence-electron chi connectivity index (χ1n) is 5.03. The van der Waals surface area contributed by atoms with Crippen molar-refractivity contribution in [3.8, 4) is 5.82 Å². The summed E-state index contributed by atoms with van der Waals surface area (Å²) in [6.07, 6.45) is -2.32. The summed E-state index contributed by atoms with van der Waals surface area (Å²) in [5.74, 6) is -0.454. The lowest BCUT2D eigenvalue weighted by Gasteiger charge is -2.10. The Labute approximate surface area is 114 Å². The topological polar surface area (TPSA) is 84.7 Å². The minimum atomic E-state index is -4.68. The molecular weight excluding hydrogens is 301 g/mol. The molecule has 0 aliphatic heterocycles. The Hall–Kier alpha value is -2.20. The van der Waals surface area contributed by atoms with E-state index in [0.29, 0.717) is 0 Å². The lowest BCUT2D eigenvalue weighted by molar-refractivity contribution is -0.151. The Morgan fingerprint density at radius 2 is 2.05 bits per heavy atom. The summed E-state index contributed by atoms with van der Waals surface area (Å²) in [6, 6.07) is 3.05. The third-order valence-electron chi connectivity index (χ3n) is 1.99. The molecule has 11 heteroatoms. The van der Waals surface area contributed by atoms with Crippen LogP contribution in [0.4, 0.5) is 19.1 Å². The van der Waals surface area contributed by atoms with E-state index in [9.17, 15) is 18.0 Å². The van der Waals surface area contributed by atoms with Crippen LogP contribution >= 0.6 is 11.6 Å². The van der Waals surface area contributed by atoms with Gasteiger partial charge in [-0.15, -0.1) is 5.43 Å². The molecule has 106 valence electrons. The highest BCUT2D eigenvalue weighted by atomic mass is 35.5. The van der Waals surface area contributed by atoms with Crippen LogP contribution in [0.25, 0.3) is 5.82 Å². The highest BCUT2D eigenvalue weighted by Crippen LogP contribution is 2.14. The maximum absolute atomic E-state index is 11.9. The summed E-state index contributed by atoms with van der Waals surface area (Å²) in [6.45, 7) is 0. The molecule has 2 aromatic rings. The third kappa shape index (κ3) is 3.42. The summed E-state index contributed by atoms with van der Waals surface area (Å²) < 4.78 is 36.6. The minimum Gasteiger partial charge on any atom is -0.282 e. The first kappa shape index (κ1) is 14.2. The van der Waals surface area contributed by atoms with Gasteiger partial charge in [0.1, 0.15) is 6.33 Å². The van der Waals surface area contributed by atoms with Crippen molar-refractivity contribution in [2.75, 3.05) is 5.43 Å². The molecule has 0 radical (unpaired) electrons. The number of alkyl halides is 3. The van der Waals surface area contributed by atoms with Gasteiger partial charge in [-0.2, -0.15) is 18.2 Å². The van der Waals surface area contributed by atoms with Crippen molar-refractivity contribution in [2.24, 2.45) is 0 Å². The van der Waals surface area contributed by atoms with Crippen LogP contribution in [0, 0.1) is 0 Å². The first-order chi connectivity index (χ1) is 9.37. The van der Waals surface area contributed by atoms with Crippen LogP contribution < -0.4 is 16.5 Å². The number of hydrazine groups is 1. The molecule has 0 saturated heterocycles. The molecule has 0 saturated carbocycles. The molecule has 0 atom stereocenters. The number of aromatic nitrogens is 4. The van der Waals surface area contributed by atoms with Gasteiger partial charge in [0.25, 0.3) is 0 Å². The predicted octanol–water partition coefficient (Wildman–Crippen LogP) is 1.11. The summed E-state index contributed by atoms with van der Waals surface area (Å²) in [4.78, 5) is 22.4. The lowest BCUT2D eigenvalue weighted by atomic mass is 10.4. The van der Waals surface area contributed by atoms with E-state index in [2.05, 4.69) is 15.0 Å². The van der Waals surface area contributed by atoms with E-state index in [-0.39, 0.29) is 10.8 Å². The first-order valence-corrected chi connectivity index (χ1v) is 5.41. The molecule has 0 spiro atoms. The number of rotatable bonds is 3. The number of anilines is 1. The molecule has 0 aliphatic rings. The van der Waals surface area contributed by atoms with Gasteiger partial charge in [0.05, 0.1) is 5.02 Å². The van der Waals surface area contributed by atoms with Crippen LogP contribution in [0.15, 0.2) is 29.5 Å². The molecule has 7 nitrogen and oxygen atoms in total. The van der Waals surface area contributed by atoms with Crippen LogP contribution in [0.1, 0.15) is 0 Å². The molecule has 0 aliphatic carbocycles. The maximum Gasteiger partial charge on any atom is 0.474 e. The summed E-state index contributed by atoms with van der Waals surface area (Å²) in [7, 11) is 0. The van der Waals surface area contributed by atoms with Crippen molar-refractivity contribution in [1.82, 2.24) is 24.9 Å². The molecule has 20 heavy (non-hydrogen) atoms. The Morgan fingerprint density at radius 1 is 1.30 bits per heavy atom. The Bertz CT molecular complexity index is 673. The van der Waals surface area contributed by atoms with Crippen LogP contribution in [0.3, 0.4) is 0 Å². The lowest BCUT2D eigenvalue weighted by Crippen LogP contribution is -2.38. The number of hydrogen-bond acceptors (Lipinski definition) is 6. The average Bonchev–Trinajstić information content (AvgIpc) is 2.37. The van der Waals surface area contributed by atoms with Gasteiger partial charge < -0.3 is 0 Å². The van der Waals surface area contributed by atoms with Crippen molar-refractivity contribution in [2.45, 2.75) is 6.30 Å². The van der Waals surface area contributed by atoms with Crippen molar-refractivity contribution in [3.63, 3.8) is 0 Å². The van der Waals surface area contributed by atoms with Gasteiger partial charge in [-0.1, -0.05) is 11.6 Å². The second-order valence-corrected chi connectivity index (χ2v) is 3.80. The van der Waals surface area contributed by atoms with Gasteiger partial charge in [-0.25, -0.2) is 19.3 Å². The Kier molecular flexibility index (Phi) is 3.86. The number of nitrogens with zero attached hydrogens (tertiary/aromatic N) is 4. The zero-order valence-electron chi connectivity index (χ0n) is 9.52. The SMILES string of the molecule is O=c1nc(NNC(F)(F)F)ncn1-c1ncccc1Cl. The molecule has 0 unspecified atom stereocenters. The average molecular weight is 307 g/mol. The predicted molar refractivity (Wildman–Crippen MR) is 63.2 cm³/mol. The van der Waals surface area contributed by atoms with Crippen LogP contribution in [-0.2, 0) is 0 Å². The fourth-order valence-electron chi connectivity index (χ4n) is 1.22. The molecule has 0 bridgehead atoms. The van der Waals surface area contributed by atoms with E-state index in [4.69, 9.17) is 11.6 Å². The van der Waals surface area contributed by atoms with Gasteiger partial charge in [0.15, 0.2) is 5.82 Å². The standard InChI is InChI=1S/C9H6ClF3N6O/c10-5-2-1-3-14-6(5)19-4-15-7(16-8(19)20)17-18-9(11,12)13/h1-4,18H,(H,16,17,20). The quantitative estimate of drug-likeness (QED) is 0.653. The summed E-state index contributed by atoms with van der Waals surface area (Å²) >= 11 is 5.84. The van der Waals surface area contributed by atoms with Crippen LogP contribution in [0.5, 0.6) is 0 Å². The molecule has 2 rings (SSSR count). The molecule has 0 aromatic carbocycles. The normalized spacial score (nSPS) is 11.4. The van der Waals surface area contributed by atoms with E-state index >= 15 is 0 Å². The Balaban J connectivity index is 2.27. The number of halogens is 4. The Morgan fingerprint density at radius 3 is 2.65 bits per heavy atom. The monoisotopic (exact) mass is 306 g/mol. The largest absolute Gasteiger partial charge is 0.474 e. The van der Waals surface area contributed by atoms with Crippen molar-refractivity contribution < 1.29 is 13.2 Å². The zero-order valence-corrected chi connectivity index (χ0v) is 10.3. The van der Waals surface area contributed by atoms with Crippen LogP contribution in [0.2, 0.25) is 5.02 Å². The fourth-order valence-corrected chi connectivity index (χ4v) is 1.43. The number of nitrogens with one attached hydrogen (secondary N) is 2. The second-order valence-electron chi connectivity index (χ2n) is 3.39. The van der Waals surface area contributed by atoms with Gasteiger partial charge in [-0.3, -0.25) is 5.43 Å². The fraction of sp³-hybridized carbons (Fsp3) is 0.111. The van der Waals surface area contributed by atoms with E-state index in [1.807, 2.05) is 0 Å². The molecular formula is C9H6ClF3N6O. The van der Waals surface area contributed by atoms with E-state index < -0.39 is 17.9 Å². The van der Waals surface area contributed by atoms with Gasteiger partial charge >= 0.3 is 12.0 Å². The van der Waals surface area contributed by atoms with E-state index in [0.717, 1.165) is 16.3 Å². The van der Waals surface area contributed by atoms with Crippen molar-refractivity contribution >= 4 is 17.5 Å². The highest BCUT2D eigenvalue weighted by molar-refractivity contribution is 6.32. The smallest absolute Gasteiger partial charge is 0.282 e. The van der Waals surface area contributed by atoms with Crippen LogP contribution in [-0.4, -0.2) is 25.8 Å². The molecule has 2 heterocycles.